The van der Waals surface area contributed by atoms with Gasteiger partial charge in [0.25, 0.3) is 0 Å². The number of rotatable bonds is 2. The highest BCUT2D eigenvalue weighted by Crippen LogP contribution is 2.34. The van der Waals surface area contributed by atoms with Crippen molar-refractivity contribution in [3.05, 3.63) is 82.9 Å². The number of nitrogen functional groups attached to an aromatic ring is 1. The summed E-state index contributed by atoms with van der Waals surface area (Å²) in [6.45, 7) is 0.862. The summed E-state index contributed by atoms with van der Waals surface area (Å²) >= 11 is 0. The van der Waals surface area contributed by atoms with Crippen molar-refractivity contribution >= 4 is 11.4 Å². The second-order valence-corrected chi connectivity index (χ2v) is 6.03. The number of anilines is 1. The Bertz CT molecular complexity index is 997. The van der Waals surface area contributed by atoms with Crippen LogP contribution in [0.3, 0.4) is 0 Å². The number of nitrogens with one attached hydrogen (secondary N) is 1. The van der Waals surface area contributed by atoms with Gasteiger partial charge in [-0.2, -0.15) is 0 Å². The van der Waals surface area contributed by atoms with Gasteiger partial charge in [0.2, 0.25) is 0 Å². The van der Waals surface area contributed by atoms with Crippen molar-refractivity contribution in [3.63, 3.8) is 0 Å². The Hall–Kier alpha value is -3.12. The molecule has 0 fully saturated rings. The van der Waals surface area contributed by atoms with Crippen molar-refractivity contribution in [3.8, 4) is 11.3 Å². The largest absolute Gasteiger partial charge is 0.382 e. The van der Waals surface area contributed by atoms with Gasteiger partial charge in [-0.15, -0.1) is 10.2 Å². The Morgan fingerprint density at radius 3 is 2.46 bits per heavy atom. The summed E-state index contributed by atoms with van der Waals surface area (Å²) in [5, 5.41) is 10.9. The third-order valence-electron chi connectivity index (χ3n) is 4.41. The highest BCUT2D eigenvalue weighted by Gasteiger charge is 2.21. The van der Waals surface area contributed by atoms with Gasteiger partial charge in [-0.05, 0) is 35.4 Å². The van der Waals surface area contributed by atoms with E-state index >= 15 is 4.39 Å². The summed E-state index contributed by atoms with van der Waals surface area (Å²) < 4.78 is 29.5. The van der Waals surface area contributed by atoms with Crippen molar-refractivity contribution in [2.24, 2.45) is 0 Å². The van der Waals surface area contributed by atoms with E-state index in [2.05, 4.69) is 15.5 Å². The van der Waals surface area contributed by atoms with Crippen LogP contribution in [0.15, 0.2) is 54.6 Å². The van der Waals surface area contributed by atoms with E-state index in [9.17, 15) is 4.39 Å². The zero-order chi connectivity index (χ0) is 18.1. The molecule has 4 rings (SSSR count). The maximum Gasteiger partial charge on any atom is 0.146 e. The van der Waals surface area contributed by atoms with Gasteiger partial charge >= 0.3 is 0 Å². The highest BCUT2D eigenvalue weighted by molar-refractivity contribution is 5.83. The molecule has 2 aromatic carbocycles. The number of nitrogens with zero attached hydrogens (tertiary/aromatic N) is 2. The molecule has 3 N–H and O–H groups in total. The third kappa shape index (κ3) is 2.84. The monoisotopic (exact) mass is 350 g/mol. The average molecular weight is 350 g/mol. The van der Waals surface area contributed by atoms with Crippen LogP contribution in [0.4, 0.5) is 14.6 Å². The molecule has 6 heteroatoms. The number of nitrogens with two attached hydrogens (primary N) is 1. The molecule has 2 heterocycles. The Balaban J connectivity index is 1.87. The van der Waals surface area contributed by atoms with E-state index in [0.717, 1.165) is 0 Å². The first-order chi connectivity index (χ1) is 12.6. The molecule has 0 atom stereocenters. The maximum absolute atomic E-state index is 15.3. The minimum absolute atomic E-state index is 0.273. The average Bonchev–Trinajstić information content (AvgIpc) is 2.87. The number of benzene rings is 2. The van der Waals surface area contributed by atoms with Crippen LogP contribution >= 0.6 is 0 Å². The Morgan fingerprint density at radius 2 is 1.69 bits per heavy atom. The van der Waals surface area contributed by atoms with Gasteiger partial charge in [0.05, 0.1) is 5.69 Å². The van der Waals surface area contributed by atoms with E-state index in [1.165, 1.54) is 6.07 Å². The summed E-state index contributed by atoms with van der Waals surface area (Å²) in [4.78, 5) is 0. The minimum atomic E-state index is -0.391. The van der Waals surface area contributed by atoms with Crippen molar-refractivity contribution in [2.45, 2.75) is 6.54 Å². The lowest BCUT2D eigenvalue weighted by atomic mass is 9.91. The fraction of sp³-hybridized carbons (Fsp3) is 0.100. The van der Waals surface area contributed by atoms with Crippen molar-refractivity contribution < 1.29 is 8.78 Å². The molecule has 0 aliphatic carbocycles. The fourth-order valence-electron chi connectivity index (χ4n) is 3.15. The van der Waals surface area contributed by atoms with Crippen LogP contribution in [-0.4, -0.2) is 16.7 Å². The number of fused-ring (bicyclic) bond motifs is 1. The summed E-state index contributed by atoms with van der Waals surface area (Å²) in [5.74, 6) is -0.450. The van der Waals surface area contributed by atoms with Crippen LogP contribution in [0, 0.1) is 11.6 Å². The first-order valence-electron chi connectivity index (χ1n) is 8.22. The lowest BCUT2D eigenvalue weighted by Gasteiger charge is -2.15. The molecular formula is C20H16F2N4. The van der Waals surface area contributed by atoms with Gasteiger partial charge in [-0.3, -0.25) is 0 Å². The molecule has 0 bridgehead atoms. The molecule has 0 saturated heterocycles. The molecule has 1 aliphatic heterocycles. The SMILES string of the molecule is Nc1ccc(-c2ccc3c(c2F)CNCC=C3c2ccccc2F)nn1. The predicted octanol–water partition coefficient (Wildman–Crippen LogP) is 3.54. The van der Waals surface area contributed by atoms with Crippen molar-refractivity contribution in [1.29, 1.82) is 0 Å². The van der Waals surface area contributed by atoms with Crippen LogP contribution in [0.1, 0.15) is 16.7 Å². The lowest BCUT2D eigenvalue weighted by Crippen LogP contribution is -2.13. The quantitative estimate of drug-likeness (QED) is 0.742. The van der Waals surface area contributed by atoms with Gasteiger partial charge < -0.3 is 11.1 Å². The summed E-state index contributed by atoms with van der Waals surface area (Å²) in [6, 6.07) is 13.2. The molecule has 3 aromatic rings. The Kier molecular flexibility index (Phi) is 4.18. The summed E-state index contributed by atoms with van der Waals surface area (Å²) in [6.07, 6.45) is 1.88. The summed E-state index contributed by atoms with van der Waals surface area (Å²) in [7, 11) is 0. The van der Waals surface area contributed by atoms with E-state index < -0.39 is 5.82 Å². The standard InChI is InChI=1S/C20H16F2N4/c21-17-4-2-1-3-14(17)13-9-10-24-11-16-12(13)5-6-15(20(16)22)18-7-8-19(23)26-25-18/h1-9,24H,10-11H2,(H2,23,26). The molecule has 4 nitrogen and oxygen atoms in total. The third-order valence-corrected chi connectivity index (χ3v) is 4.41. The topological polar surface area (TPSA) is 63.8 Å². The molecule has 0 unspecified atom stereocenters. The normalized spacial score (nSPS) is 13.7. The molecule has 0 spiro atoms. The van der Waals surface area contributed by atoms with Crippen LogP contribution in [0.5, 0.6) is 0 Å². The Labute approximate surface area is 149 Å². The molecule has 0 amide bonds. The van der Waals surface area contributed by atoms with E-state index in [1.54, 1.807) is 42.5 Å². The second kappa shape index (κ2) is 6.65. The van der Waals surface area contributed by atoms with Gasteiger partial charge in [-0.1, -0.05) is 30.3 Å². The molecule has 0 saturated carbocycles. The second-order valence-electron chi connectivity index (χ2n) is 6.03. The van der Waals surface area contributed by atoms with Gasteiger partial charge in [0, 0.05) is 29.8 Å². The van der Waals surface area contributed by atoms with Crippen molar-refractivity contribution in [2.75, 3.05) is 12.3 Å². The number of hydrogen-bond acceptors (Lipinski definition) is 4. The fourth-order valence-corrected chi connectivity index (χ4v) is 3.15. The van der Waals surface area contributed by atoms with Gasteiger partial charge in [-0.25, -0.2) is 8.78 Å². The maximum atomic E-state index is 15.3. The number of hydrogen-bond donors (Lipinski definition) is 2. The van der Waals surface area contributed by atoms with Crippen LogP contribution in [-0.2, 0) is 6.54 Å². The number of aromatic nitrogens is 2. The Morgan fingerprint density at radius 1 is 0.885 bits per heavy atom. The van der Waals surface area contributed by atoms with E-state index in [-0.39, 0.29) is 11.6 Å². The van der Waals surface area contributed by atoms with E-state index in [1.807, 2.05) is 6.08 Å². The molecule has 1 aromatic heterocycles. The molecular weight excluding hydrogens is 334 g/mol. The van der Waals surface area contributed by atoms with Crippen molar-refractivity contribution in [1.82, 2.24) is 15.5 Å². The van der Waals surface area contributed by atoms with Gasteiger partial charge in [0.15, 0.2) is 0 Å². The zero-order valence-electron chi connectivity index (χ0n) is 13.8. The first kappa shape index (κ1) is 16.4. The smallest absolute Gasteiger partial charge is 0.146 e. The molecule has 130 valence electrons. The summed E-state index contributed by atoms with van der Waals surface area (Å²) in [5.41, 5.74) is 8.58. The first-order valence-corrected chi connectivity index (χ1v) is 8.22. The van der Waals surface area contributed by atoms with E-state index in [4.69, 9.17) is 5.73 Å². The van der Waals surface area contributed by atoms with Crippen LogP contribution in [0.2, 0.25) is 0 Å². The molecule has 1 aliphatic rings. The predicted molar refractivity (Wildman–Crippen MR) is 97.0 cm³/mol. The van der Waals surface area contributed by atoms with Crippen LogP contribution < -0.4 is 11.1 Å². The zero-order valence-corrected chi connectivity index (χ0v) is 13.8. The highest BCUT2D eigenvalue weighted by atomic mass is 19.1. The van der Waals surface area contributed by atoms with Gasteiger partial charge in [0.1, 0.15) is 17.5 Å². The van der Waals surface area contributed by atoms with Crippen LogP contribution in [0.25, 0.3) is 16.8 Å². The van der Waals surface area contributed by atoms with E-state index in [0.29, 0.717) is 46.6 Å². The molecule has 26 heavy (non-hydrogen) atoms. The minimum Gasteiger partial charge on any atom is -0.382 e. The molecule has 0 radical (unpaired) electrons. The number of halogens is 2. The lowest BCUT2D eigenvalue weighted by molar-refractivity contribution is 0.599.